The number of amides is 2. The minimum absolute atomic E-state index is 0.0000696. The number of hydrogen-bond acceptors (Lipinski definition) is 6. The Morgan fingerprint density at radius 3 is 2.58 bits per heavy atom. The van der Waals surface area contributed by atoms with E-state index < -0.39 is 12.3 Å². The second kappa shape index (κ2) is 12.1. The first-order valence-corrected chi connectivity index (χ1v) is 14.2. The number of hydrazone groups is 1. The number of carboxylic acid groups (broad SMARTS) is 1. The van der Waals surface area contributed by atoms with Crippen molar-refractivity contribution in [2.24, 2.45) is 16.9 Å². The predicted octanol–water partition coefficient (Wildman–Crippen LogP) is 5.48. The molecule has 0 spiro atoms. The van der Waals surface area contributed by atoms with Gasteiger partial charge in [-0.1, -0.05) is 63.1 Å². The molecule has 0 aromatic heterocycles. The molecule has 1 fully saturated rings. The van der Waals surface area contributed by atoms with Crippen LogP contribution in [0.15, 0.2) is 47.6 Å². The van der Waals surface area contributed by atoms with Crippen LogP contribution in [0, 0.1) is 11.8 Å². The molecule has 1 saturated carbocycles. The third-order valence-electron chi connectivity index (χ3n) is 7.97. The van der Waals surface area contributed by atoms with Crippen molar-refractivity contribution in [1.82, 2.24) is 5.01 Å². The second-order valence-electron chi connectivity index (χ2n) is 11.4. The van der Waals surface area contributed by atoms with Crippen molar-refractivity contribution in [2.75, 3.05) is 11.9 Å². The summed E-state index contributed by atoms with van der Waals surface area (Å²) in [5, 5.41) is 18.1. The molecule has 2 aromatic rings. The van der Waals surface area contributed by atoms with E-state index in [1.165, 1.54) is 5.01 Å². The smallest absolute Gasteiger partial charge is 0.470 e. The van der Waals surface area contributed by atoms with Gasteiger partial charge in [0, 0.05) is 24.9 Å². The lowest BCUT2D eigenvalue weighted by Crippen LogP contribution is -2.36. The van der Waals surface area contributed by atoms with Crippen LogP contribution >= 0.6 is 0 Å². The van der Waals surface area contributed by atoms with Gasteiger partial charge in [0.2, 0.25) is 11.8 Å². The van der Waals surface area contributed by atoms with Gasteiger partial charge in [0.1, 0.15) is 6.10 Å². The molecule has 1 heterocycles. The zero-order valence-electron chi connectivity index (χ0n) is 23.1. The van der Waals surface area contributed by atoms with E-state index in [0.717, 1.165) is 53.6 Å². The number of ether oxygens (including phenoxy) is 2. The maximum Gasteiger partial charge on any atom is 0.506 e. The molecule has 2 atom stereocenters. The Balaban J connectivity index is 1.32. The first kappa shape index (κ1) is 27.7. The highest BCUT2D eigenvalue weighted by Gasteiger charge is 2.34. The highest BCUT2D eigenvalue weighted by Crippen LogP contribution is 2.39. The van der Waals surface area contributed by atoms with Crippen molar-refractivity contribution < 1.29 is 29.0 Å². The summed E-state index contributed by atoms with van der Waals surface area (Å²) in [5.41, 5.74) is 4.55. The number of anilines is 1. The number of carbonyl (C=O) groups is 3. The molecule has 40 heavy (non-hydrogen) atoms. The summed E-state index contributed by atoms with van der Waals surface area (Å²) in [6.45, 7) is 4.51. The van der Waals surface area contributed by atoms with Gasteiger partial charge in [-0.3, -0.25) is 9.59 Å². The van der Waals surface area contributed by atoms with Gasteiger partial charge in [-0.05, 0) is 53.0 Å². The summed E-state index contributed by atoms with van der Waals surface area (Å²) in [6.07, 6.45) is 4.12. The quantitative estimate of drug-likeness (QED) is 0.402. The molecule has 2 aromatic carbocycles. The van der Waals surface area contributed by atoms with E-state index in [4.69, 9.17) is 14.6 Å². The first-order chi connectivity index (χ1) is 19.3. The molecule has 0 bridgehead atoms. The van der Waals surface area contributed by atoms with Gasteiger partial charge in [-0.25, -0.2) is 9.80 Å². The fourth-order valence-electron chi connectivity index (χ4n) is 6.11. The van der Waals surface area contributed by atoms with E-state index in [2.05, 4.69) is 24.3 Å². The molecule has 5 rings (SSSR count). The zero-order chi connectivity index (χ0) is 28.2. The Morgan fingerprint density at radius 1 is 1.12 bits per heavy atom. The molecule has 212 valence electrons. The highest BCUT2D eigenvalue weighted by molar-refractivity contribution is 5.97. The van der Waals surface area contributed by atoms with Gasteiger partial charge < -0.3 is 19.9 Å². The van der Waals surface area contributed by atoms with Crippen molar-refractivity contribution in [2.45, 2.75) is 77.4 Å². The molecule has 1 aliphatic heterocycles. The van der Waals surface area contributed by atoms with E-state index in [1.807, 2.05) is 42.5 Å². The van der Waals surface area contributed by atoms with Crippen molar-refractivity contribution >= 4 is 29.6 Å². The number of fused-ring (bicyclic) bond motifs is 1. The Morgan fingerprint density at radius 2 is 1.88 bits per heavy atom. The van der Waals surface area contributed by atoms with E-state index in [0.29, 0.717) is 37.6 Å². The Labute approximate surface area is 234 Å². The summed E-state index contributed by atoms with van der Waals surface area (Å²) >= 11 is 0. The van der Waals surface area contributed by atoms with Crippen LogP contribution in [0.5, 0.6) is 0 Å². The van der Waals surface area contributed by atoms with Crippen LogP contribution in [0.25, 0.3) is 0 Å². The van der Waals surface area contributed by atoms with Crippen molar-refractivity contribution in [1.29, 1.82) is 0 Å². The molecular formula is C31H37N3O6. The molecule has 0 radical (unpaired) electrons. The molecule has 3 aliphatic rings. The molecule has 2 aliphatic carbocycles. The zero-order valence-corrected chi connectivity index (χ0v) is 23.1. The normalized spacial score (nSPS) is 19.7. The summed E-state index contributed by atoms with van der Waals surface area (Å²) in [7, 11) is 0. The Hall–Kier alpha value is -3.88. The van der Waals surface area contributed by atoms with Crippen LogP contribution in [-0.2, 0) is 38.4 Å². The molecule has 9 heteroatoms. The van der Waals surface area contributed by atoms with Crippen molar-refractivity contribution in [3.63, 3.8) is 0 Å². The SMILES string of the molecule is CC(C)CC1=NN(Cc2ccc(C(C(=O)Nc3cccc4c3CC(OC(=O)O)C4)C3CCCC3)cc2)C(=O)CO1. The largest absolute Gasteiger partial charge is 0.506 e. The third-order valence-corrected chi connectivity index (χ3v) is 7.97. The minimum Gasteiger partial charge on any atom is -0.470 e. The summed E-state index contributed by atoms with van der Waals surface area (Å²) in [6, 6.07) is 13.7. The topological polar surface area (TPSA) is 118 Å². The predicted molar refractivity (Wildman–Crippen MR) is 150 cm³/mol. The van der Waals surface area contributed by atoms with Crippen LogP contribution in [0.1, 0.15) is 74.1 Å². The van der Waals surface area contributed by atoms with Gasteiger partial charge in [0.15, 0.2) is 6.61 Å². The fourth-order valence-corrected chi connectivity index (χ4v) is 6.11. The van der Waals surface area contributed by atoms with Crippen LogP contribution in [0.2, 0.25) is 0 Å². The minimum atomic E-state index is -1.28. The van der Waals surface area contributed by atoms with E-state index in [1.54, 1.807) is 0 Å². The third kappa shape index (κ3) is 6.46. The number of benzene rings is 2. The fraction of sp³-hybridized carbons (Fsp3) is 0.484. The first-order valence-electron chi connectivity index (χ1n) is 14.2. The monoisotopic (exact) mass is 547 g/mol. The van der Waals surface area contributed by atoms with Gasteiger partial charge in [0.25, 0.3) is 5.91 Å². The lowest BCUT2D eigenvalue weighted by Gasteiger charge is -2.26. The summed E-state index contributed by atoms with van der Waals surface area (Å²) < 4.78 is 10.5. The molecule has 2 amide bonds. The van der Waals surface area contributed by atoms with E-state index >= 15 is 0 Å². The molecule has 0 saturated heterocycles. The Kier molecular flexibility index (Phi) is 8.38. The highest BCUT2D eigenvalue weighted by atomic mass is 16.7. The lowest BCUT2D eigenvalue weighted by atomic mass is 9.83. The molecular weight excluding hydrogens is 510 g/mol. The number of hydrogen-bond donors (Lipinski definition) is 2. The van der Waals surface area contributed by atoms with E-state index in [-0.39, 0.29) is 30.3 Å². The van der Waals surface area contributed by atoms with Gasteiger partial charge in [0.05, 0.1) is 12.5 Å². The van der Waals surface area contributed by atoms with Gasteiger partial charge in [-0.15, -0.1) is 5.10 Å². The number of carbonyl (C=O) groups excluding carboxylic acids is 2. The number of nitrogens with zero attached hydrogens (tertiary/aromatic N) is 2. The lowest BCUT2D eigenvalue weighted by molar-refractivity contribution is -0.136. The molecule has 2 unspecified atom stereocenters. The average Bonchev–Trinajstić information content (AvgIpc) is 3.57. The average molecular weight is 548 g/mol. The standard InChI is InChI=1S/C31H37N3O6/c1-19(2)14-27-33-34(28(35)18-39-27)17-20-10-12-22(13-11-20)29(21-6-3-4-7-21)30(36)32-26-9-5-8-23-15-24(16-25(23)26)40-31(37)38/h5,8-13,19,21,24,29H,3-4,6-7,14-18H2,1-2H3,(H,32,36)(H,37,38). The van der Waals surface area contributed by atoms with Gasteiger partial charge in [-0.2, -0.15) is 0 Å². The van der Waals surface area contributed by atoms with E-state index in [9.17, 15) is 14.4 Å². The van der Waals surface area contributed by atoms with Crippen LogP contribution in [-0.4, -0.2) is 46.7 Å². The number of rotatable bonds is 9. The number of nitrogens with one attached hydrogen (secondary N) is 1. The maximum atomic E-state index is 13.8. The molecule has 9 nitrogen and oxygen atoms in total. The summed E-state index contributed by atoms with van der Waals surface area (Å²) in [5.74, 6) is 0.670. The second-order valence-corrected chi connectivity index (χ2v) is 11.4. The van der Waals surface area contributed by atoms with Crippen LogP contribution in [0.3, 0.4) is 0 Å². The van der Waals surface area contributed by atoms with Gasteiger partial charge >= 0.3 is 6.16 Å². The molecule has 2 N–H and O–H groups in total. The summed E-state index contributed by atoms with van der Waals surface area (Å²) in [4.78, 5) is 37.3. The Bertz CT molecular complexity index is 1280. The van der Waals surface area contributed by atoms with Crippen molar-refractivity contribution in [3.05, 3.63) is 64.7 Å². The van der Waals surface area contributed by atoms with Crippen LogP contribution < -0.4 is 5.32 Å². The van der Waals surface area contributed by atoms with Crippen molar-refractivity contribution in [3.8, 4) is 0 Å². The maximum absolute atomic E-state index is 13.8. The van der Waals surface area contributed by atoms with Crippen LogP contribution in [0.4, 0.5) is 10.5 Å².